The van der Waals surface area contributed by atoms with Gasteiger partial charge < -0.3 is 10.0 Å². The number of nitrogens with zero attached hydrogens (tertiary/aromatic N) is 3. The standard InChI is InChI=1S/C18H21N3O4/c22-11-12-6-7-19(9-12)14-4-5-15-13(8-14)10-20(18(15)25)21-16(23)2-1-3-17(21)24/h4-5,8,12,22H,1-3,6-7,9-11H2/t12-/m1/s1. The van der Waals surface area contributed by atoms with Crippen LogP contribution in [0.4, 0.5) is 5.69 Å². The molecule has 0 spiro atoms. The molecule has 3 aliphatic rings. The molecule has 2 saturated heterocycles. The average molecular weight is 343 g/mol. The predicted octanol–water partition coefficient (Wildman–Crippen LogP) is 0.915. The van der Waals surface area contributed by atoms with Crippen LogP contribution in [0.25, 0.3) is 0 Å². The number of fused-ring (bicyclic) bond motifs is 1. The number of hydrogen-bond donors (Lipinski definition) is 1. The predicted molar refractivity (Wildman–Crippen MR) is 89.4 cm³/mol. The summed E-state index contributed by atoms with van der Waals surface area (Å²) in [5, 5.41) is 11.6. The fourth-order valence-corrected chi connectivity index (χ4v) is 3.88. The van der Waals surface area contributed by atoms with E-state index in [2.05, 4.69) is 4.90 Å². The summed E-state index contributed by atoms with van der Waals surface area (Å²) in [6, 6.07) is 5.64. The molecular formula is C18H21N3O4. The lowest BCUT2D eigenvalue weighted by molar-refractivity contribution is -0.163. The molecule has 0 bridgehead atoms. The number of benzene rings is 1. The molecule has 0 unspecified atom stereocenters. The van der Waals surface area contributed by atoms with Crippen LogP contribution >= 0.6 is 0 Å². The van der Waals surface area contributed by atoms with E-state index in [1.807, 2.05) is 12.1 Å². The van der Waals surface area contributed by atoms with E-state index in [1.54, 1.807) is 6.07 Å². The zero-order valence-electron chi connectivity index (χ0n) is 14.0. The van der Waals surface area contributed by atoms with E-state index >= 15 is 0 Å². The highest BCUT2D eigenvalue weighted by molar-refractivity contribution is 6.04. The molecule has 3 aliphatic heterocycles. The van der Waals surface area contributed by atoms with Crippen LogP contribution in [0.1, 0.15) is 41.6 Å². The van der Waals surface area contributed by atoms with Crippen molar-refractivity contribution in [3.05, 3.63) is 29.3 Å². The number of amides is 3. The molecule has 1 atom stereocenters. The van der Waals surface area contributed by atoms with Crippen LogP contribution in [-0.4, -0.2) is 52.5 Å². The molecule has 0 radical (unpaired) electrons. The first kappa shape index (κ1) is 16.1. The maximum absolute atomic E-state index is 12.7. The Labute approximate surface area is 145 Å². The van der Waals surface area contributed by atoms with Crippen molar-refractivity contribution >= 4 is 23.4 Å². The average Bonchev–Trinajstić information content (AvgIpc) is 3.20. The van der Waals surface area contributed by atoms with Crippen LogP contribution in [0.5, 0.6) is 0 Å². The summed E-state index contributed by atoms with van der Waals surface area (Å²) < 4.78 is 0. The summed E-state index contributed by atoms with van der Waals surface area (Å²) in [5.41, 5.74) is 2.40. The van der Waals surface area contributed by atoms with Gasteiger partial charge in [0.05, 0.1) is 6.54 Å². The number of carbonyl (C=O) groups is 3. The third-order valence-corrected chi connectivity index (χ3v) is 5.28. The Morgan fingerprint density at radius 1 is 1.12 bits per heavy atom. The summed E-state index contributed by atoms with van der Waals surface area (Å²) in [6.07, 6.45) is 2.10. The molecule has 3 amide bonds. The molecule has 1 aromatic rings. The van der Waals surface area contributed by atoms with Gasteiger partial charge in [0.25, 0.3) is 5.91 Å². The minimum Gasteiger partial charge on any atom is -0.396 e. The van der Waals surface area contributed by atoms with E-state index in [-0.39, 0.29) is 36.8 Å². The zero-order valence-corrected chi connectivity index (χ0v) is 14.0. The minimum atomic E-state index is -0.303. The van der Waals surface area contributed by atoms with Crippen LogP contribution in [-0.2, 0) is 16.1 Å². The Morgan fingerprint density at radius 2 is 1.88 bits per heavy atom. The number of piperidine rings is 1. The van der Waals surface area contributed by atoms with E-state index in [1.165, 1.54) is 5.01 Å². The van der Waals surface area contributed by atoms with Crippen molar-refractivity contribution in [1.29, 1.82) is 0 Å². The molecule has 2 fully saturated rings. The van der Waals surface area contributed by atoms with E-state index < -0.39 is 0 Å². The van der Waals surface area contributed by atoms with Crippen molar-refractivity contribution in [3.8, 4) is 0 Å². The number of aliphatic hydroxyl groups excluding tert-OH is 1. The first-order valence-corrected chi connectivity index (χ1v) is 8.75. The molecule has 1 aromatic carbocycles. The molecule has 7 nitrogen and oxygen atoms in total. The monoisotopic (exact) mass is 343 g/mol. The third kappa shape index (κ3) is 2.68. The van der Waals surface area contributed by atoms with Gasteiger partial charge in [-0.1, -0.05) is 0 Å². The van der Waals surface area contributed by atoms with Crippen molar-refractivity contribution in [2.75, 3.05) is 24.6 Å². The molecule has 132 valence electrons. The summed E-state index contributed by atoms with van der Waals surface area (Å²) >= 11 is 0. The number of aliphatic hydroxyl groups is 1. The van der Waals surface area contributed by atoms with Gasteiger partial charge in [-0.2, -0.15) is 5.01 Å². The van der Waals surface area contributed by atoms with Crippen molar-refractivity contribution in [2.24, 2.45) is 5.92 Å². The Bertz CT molecular complexity index is 732. The van der Waals surface area contributed by atoms with Crippen molar-refractivity contribution in [3.63, 3.8) is 0 Å². The Hall–Kier alpha value is -2.41. The lowest BCUT2D eigenvalue weighted by atomic mass is 10.1. The SMILES string of the molecule is O=C1c2ccc(N3CC[C@@H](CO)C3)cc2CN1N1C(=O)CCCC1=O. The molecule has 7 heteroatoms. The topological polar surface area (TPSA) is 81.2 Å². The van der Waals surface area contributed by atoms with Gasteiger partial charge in [-0.05, 0) is 36.6 Å². The molecular weight excluding hydrogens is 322 g/mol. The molecule has 25 heavy (non-hydrogen) atoms. The summed E-state index contributed by atoms with van der Waals surface area (Å²) in [5.74, 6) is -0.610. The first-order valence-electron chi connectivity index (χ1n) is 8.75. The van der Waals surface area contributed by atoms with Crippen LogP contribution in [0.2, 0.25) is 0 Å². The van der Waals surface area contributed by atoms with E-state index in [9.17, 15) is 19.5 Å². The number of anilines is 1. The fourth-order valence-electron chi connectivity index (χ4n) is 3.88. The third-order valence-electron chi connectivity index (χ3n) is 5.28. The van der Waals surface area contributed by atoms with E-state index in [0.717, 1.165) is 35.8 Å². The van der Waals surface area contributed by atoms with Crippen LogP contribution in [0, 0.1) is 5.92 Å². The lowest BCUT2D eigenvalue weighted by Crippen LogP contribution is -2.51. The van der Waals surface area contributed by atoms with Crippen molar-refractivity contribution < 1.29 is 19.5 Å². The molecule has 0 aliphatic carbocycles. The smallest absolute Gasteiger partial charge is 0.273 e. The van der Waals surface area contributed by atoms with Crippen LogP contribution in [0.3, 0.4) is 0 Å². The second-order valence-electron chi connectivity index (χ2n) is 6.94. The fraction of sp³-hybridized carbons (Fsp3) is 0.500. The molecule has 3 heterocycles. The van der Waals surface area contributed by atoms with Gasteiger partial charge >= 0.3 is 0 Å². The van der Waals surface area contributed by atoms with Gasteiger partial charge in [0, 0.05) is 49.7 Å². The maximum Gasteiger partial charge on any atom is 0.273 e. The minimum absolute atomic E-state index is 0.187. The number of hydrogen-bond acceptors (Lipinski definition) is 5. The largest absolute Gasteiger partial charge is 0.396 e. The van der Waals surface area contributed by atoms with Crippen LogP contribution < -0.4 is 4.90 Å². The Kier molecular flexibility index (Phi) is 3.95. The van der Waals surface area contributed by atoms with Gasteiger partial charge in [-0.3, -0.25) is 14.4 Å². The van der Waals surface area contributed by atoms with Gasteiger partial charge in [-0.25, -0.2) is 5.01 Å². The molecule has 4 rings (SSSR count). The second kappa shape index (κ2) is 6.15. The number of imide groups is 1. The highest BCUT2D eigenvalue weighted by Gasteiger charge is 2.39. The van der Waals surface area contributed by atoms with Crippen molar-refractivity contribution in [2.45, 2.75) is 32.2 Å². The van der Waals surface area contributed by atoms with Gasteiger partial charge in [0.2, 0.25) is 11.8 Å². The van der Waals surface area contributed by atoms with Gasteiger partial charge in [0.1, 0.15) is 0 Å². The highest BCUT2D eigenvalue weighted by Crippen LogP contribution is 2.32. The van der Waals surface area contributed by atoms with Crippen LogP contribution in [0.15, 0.2) is 18.2 Å². The number of rotatable bonds is 3. The quantitative estimate of drug-likeness (QED) is 0.825. The Balaban J connectivity index is 1.57. The molecule has 0 aromatic heterocycles. The summed E-state index contributed by atoms with van der Waals surface area (Å²) in [7, 11) is 0. The van der Waals surface area contributed by atoms with Gasteiger partial charge in [0.15, 0.2) is 0 Å². The number of hydrazine groups is 1. The molecule has 0 saturated carbocycles. The number of carbonyl (C=O) groups excluding carboxylic acids is 3. The van der Waals surface area contributed by atoms with Gasteiger partial charge in [-0.15, -0.1) is 0 Å². The maximum atomic E-state index is 12.7. The molecule has 1 N–H and O–H groups in total. The lowest BCUT2D eigenvalue weighted by Gasteiger charge is -2.32. The second-order valence-corrected chi connectivity index (χ2v) is 6.94. The Morgan fingerprint density at radius 3 is 2.56 bits per heavy atom. The summed E-state index contributed by atoms with van der Waals surface area (Å²) in [6.45, 7) is 2.12. The van der Waals surface area contributed by atoms with E-state index in [0.29, 0.717) is 24.8 Å². The summed E-state index contributed by atoms with van der Waals surface area (Å²) in [4.78, 5) is 39.1. The van der Waals surface area contributed by atoms with Crippen molar-refractivity contribution in [1.82, 2.24) is 10.0 Å². The first-order chi connectivity index (χ1) is 12.1. The highest BCUT2D eigenvalue weighted by atomic mass is 16.3. The normalized spacial score (nSPS) is 23.6. The zero-order chi connectivity index (χ0) is 17.6. The van der Waals surface area contributed by atoms with E-state index in [4.69, 9.17) is 0 Å².